The standard InChI is InChI=1S/C15H10BrNO2S/c1-9-3-2-4-10(8-17)14(9)20-11-5-6-13(16)12(7-11)15(18)19/h2-7H,1H3,(H,18,19). The van der Waals surface area contributed by atoms with Gasteiger partial charge in [0.25, 0.3) is 0 Å². The van der Waals surface area contributed by atoms with Crippen molar-refractivity contribution in [2.45, 2.75) is 16.7 Å². The van der Waals surface area contributed by atoms with Gasteiger partial charge in [-0.25, -0.2) is 4.79 Å². The first kappa shape index (κ1) is 14.6. The number of carboxylic acids is 1. The van der Waals surface area contributed by atoms with Crippen LogP contribution in [0.4, 0.5) is 0 Å². The number of halogens is 1. The molecule has 0 atom stereocenters. The maximum absolute atomic E-state index is 11.1. The Labute approximate surface area is 129 Å². The molecule has 0 saturated carbocycles. The van der Waals surface area contributed by atoms with Gasteiger partial charge in [-0.2, -0.15) is 5.26 Å². The van der Waals surface area contributed by atoms with E-state index in [1.54, 1.807) is 18.2 Å². The Morgan fingerprint density at radius 2 is 2.10 bits per heavy atom. The minimum Gasteiger partial charge on any atom is -0.478 e. The minimum absolute atomic E-state index is 0.210. The van der Waals surface area contributed by atoms with E-state index in [0.29, 0.717) is 10.0 Å². The maximum atomic E-state index is 11.1. The number of hydrogen-bond acceptors (Lipinski definition) is 3. The molecule has 0 bridgehead atoms. The molecule has 2 aromatic rings. The fourth-order valence-corrected chi connectivity index (χ4v) is 3.14. The number of rotatable bonds is 3. The second-order valence-corrected chi connectivity index (χ2v) is 6.05. The van der Waals surface area contributed by atoms with Gasteiger partial charge in [0.2, 0.25) is 0 Å². The number of nitriles is 1. The molecule has 2 aromatic carbocycles. The van der Waals surface area contributed by atoms with Crippen LogP contribution in [0.25, 0.3) is 0 Å². The van der Waals surface area contributed by atoms with Crippen LogP contribution in [0.1, 0.15) is 21.5 Å². The van der Waals surface area contributed by atoms with Crippen molar-refractivity contribution in [3.63, 3.8) is 0 Å². The van der Waals surface area contributed by atoms with Crippen LogP contribution in [0.2, 0.25) is 0 Å². The molecule has 0 heterocycles. The zero-order valence-electron chi connectivity index (χ0n) is 10.6. The normalized spacial score (nSPS) is 10.1. The molecule has 2 rings (SSSR count). The highest BCUT2D eigenvalue weighted by molar-refractivity contribution is 9.10. The SMILES string of the molecule is Cc1cccc(C#N)c1Sc1ccc(Br)c(C(=O)O)c1. The summed E-state index contributed by atoms with van der Waals surface area (Å²) in [5, 5.41) is 18.3. The molecule has 0 amide bonds. The number of aromatic carboxylic acids is 1. The average Bonchev–Trinajstić information content (AvgIpc) is 2.42. The van der Waals surface area contributed by atoms with Crippen molar-refractivity contribution in [2.24, 2.45) is 0 Å². The van der Waals surface area contributed by atoms with Crippen LogP contribution in [0.15, 0.2) is 50.7 Å². The predicted molar refractivity (Wildman–Crippen MR) is 81.1 cm³/mol. The van der Waals surface area contributed by atoms with Crippen LogP contribution < -0.4 is 0 Å². The molecule has 0 aliphatic carbocycles. The van der Waals surface area contributed by atoms with E-state index >= 15 is 0 Å². The van der Waals surface area contributed by atoms with Gasteiger partial charge in [-0.1, -0.05) is 23.9 Å². The molecule has 20 heavy (non-hydrogen) atoms. The molecule has 0 radical (unpaired) electrons. The molecule has 0 saturated heterocycles. The van der Waals surface area contributed by atoms with E-state index in [4.69, 9.17) is 10.4 Å². The maximum Gasteiger partial charge on any atom is 0.336 e. The smallest absolute Gasteiger partial charge is 0.336 e. The van der Waals surface area contributed by atoms with E-state index < -0.39 is 5.97 Å². The van der Waals surface area contributed by atoms with E-state index in [9.17, 15) is 4.79 Å². The van der Waals surface area contributed by atoms with E-state index in [1.165, 1.54) is 11.8 Å². The highest BCUT2D eigenvalue weighted by Gasteiger charge is 2.12. The lowest BCUT2D eigenvalue weighted by molar-refractivity contribution is 0.0695. The van der Waals surface area contributed by atoms with Gasteiger partial charge >= 0.3 is 5.97 Å². The quantitative estimate of drug-likeness (QED) is 0.889. The summed E-state index contributed by atoms with van der Waals surface area (Å²) in [4.78, 5) is 12.8. The third-order valence-electron chi connectivity index (χ3n) is 2.72. The fraction of sp³-hybridized carbons (Fsp3) is 0.0667. The molecule has 5 heteroatoms. The molecule has 0 aliphatic rings. The summed E-state index contributed by atoms with van der Waals surface area (Å²) in [5.41, 5.74) is 1.80. The van der Waals surface area contributed by atoms with Gasteiger partial charge in [-0.3, -0.25) is 0 Å². The van der Waals surface area contributed by atoms with E-state index in [0.717, 1.165) is 15.4 Å². The van der Waals surface area contributed by atoms with Gasteiger partial charge in [0.05, 0.1) is 11.1 Å². The third-order valence-corrected chi connectivity index (χ3v) is 4.65. The first-order valence-electron chi connectivity index (χ1n) is 5.73. The van der Waals surface area contributed by atoms with Gasteiger partial charge in [0, 0.05) is 14.3 Å². The van der Waals surface area contributed by atoms with Crippen LogP contribution in [-0.4, -0.2) is 11.1 Å². The highest BCUT2D eigenvalue weighted by atomic mass is 79.9. The van der Waals surface area contributed by atoms with Gasteiger partial charge in [-0.05, 0) is 52.7 Å². The summed E-state index contributed by atoms with van der Waals surface area (Å²) >= 11 is 4.62. The summed E-state index contributed by atoms with van der Waals surface area (Å²) in [5.74, 6) is -0.982. The Morgan fingerprint density at radius 3 is 2.75 bits per heavy atom. The summed E-state index contributed by atoms with van der Waals surface area (Å²) < 4.78 is 0.541. The molecule has 0 fully saturated rings. The van der Waals surface area contributed by atoms with Crippen molar-refractivity contribution < 1.29 is 9.90 Å². The van der Waals surface area contributed by atoms with Crippen molar-refractivity contribution in [3.05, 3.63) is 57.6 Å². The number of carboxylic acid groups (broad SMARTS) is 1. The molecule has 0 aliphatic heterocycles. The Morgan fingerprint density at radius 1 is 1.35 bits per heavy atom. The van der Waals surface area contributed by atoms with Crippen LogP contribution in [0.5, 0.6) is 0 Å². The lowest BCUT2D eigenvalue weighted by atomic mass is 10.1. The number of benzene rings is 2. The number of hydrogen-bond donors (Lipinski definition) is 1. The van der Waals surface area contributed by atoms with Gasteiger partial charge in [0.15, 0.2) is 0 Å². The van der Waals surface area contributed by atoms with Gasteiger partial charge < -0.3 is 5.11 Å². The van der Waals surface area contributed by atoms with E-state index in [1.807, 2.05) is 25.1 Å². The number of nitrogens with zero attached hydrogens (tertiary/aromatic N) is 1. The predicted octanol–water partition coefficient (Wildman–Crippen LogP) is 4.48. The summed E-state index contributed by atoms with van der Waals surface area (Å²) in [7, 11) is 0. The van der Waals surface area contributed by atoms with Crippen LogP contribution >= 0.6 is 27.7 Å². The lowest BCUT2D eigenvalue weighted by Crippen LogP contribution is -1.97. The van der Waals surface area contributed by atoms with Crippen LogP contribution in [0.3, 0.4) is 0 Å². The molecule has 1 N–H and O–H groups in total. The van der Waals surface area contributed by atoms with Crippen molar-refractivity contribution in [1.29, 1.82) is 5.26 Å². The van der Waals surface area contributed by atoms with Crippen molar-refractivity contribution in [3.8, 4) is 6.07 Å². The molecule has 0 spiro atoms. The zero-order chi connectivity index (χ0) is 14.7. The zero-order valence-corrected chi connectivity index (χ0v) is 13.0. The monoisotopic (exact) mass is 347 g/mol. The Bertz CT molecular complexity index is 722. The summed E-state index contributed by atoms with van der Waals surface area (Å²) in [6.07, 6.45) is 0. The summed E-state index contributed by atoms with van der Waals surface area (Å²) in [6, 6.07) is 12.8. The number of aryl methyl sites for hydroxylation is 1. The summed E-state index contributed by atoms with van der Waals surface area (Å²) in [6.45, 7) is 1.93. The Kier molecular flexibility index (Phi) is 4.48. The topological polar surface area (TPSA) is 61.1 Å². The second-order valence-electron chi connectivity index (χ2n) is 4.11. The Hall–Kier alpha value is -1.77. The highest BCUT2D eigenvalue weighted by Crippen LogP contribution is 2.34. The third kappa shape index (κ3) is 3.03. The average molecular weight is 348 g/mol. The molecule has 0 aromatic heterocycles. The first-order chi connectivity index (χ1) is 9.52. The van der Waals surface area contributed by atoms with Gasteiger partial charge in [0.1, 0.15) is 6.07 Å². The molecule has 3 nitrogen and oxygen atoms in total. The minimum atomic E-state index is -0.982. The van der Waals surface area contributed by atoms with Crippen molar-refractivity contribution in [2.75, 3.05) is 0 Å². The van der Waals surface area contributed by atoms with Gasteiger partial charge in [-0.15, -0.1) is 0 Å². The molecular formula is C15H10BrNO2S. The van der Waals surface area contributed by atoms with E-state index in [-0.39, 0.29) is 5.56 Å². The largest absolute Gasteiger partial charge is 0.478 e. The van der Waals surface area contributed by atoms with Crippen molar-refractivity contribution >= 4 is 33.7 Å². The molecule has 0 unspecified atom stereocenters. The molecular weight excluding hydrogens is 338 g/mol. The Balaban J connectivity index is 2.44. The molecule has 100 valence electrons. The lowest BCUT2D eigenvalue weighted by Gasteiger charge is -2.08. The van der Waals surface area contributed by atoms with Crippen LogP contribution in [-0.2, 0) is 0 Å². The first-order valence-corrected chi connectivity index (χ1v) is 7.34. The fourth-order valence-electron chi connectivity index (χ4n) is 1.73. The second kappa shape index (κ2) is 6.12. The van der Waals surface area contributed by atoms with Crippen LogP contribution in [0, 0.1) is 18.3 Å². The number of carbonyl (C=O) groups is 1. The van der Waals surface area contributed by atoms with E-state index in [2.05, 4.69) is 22.0 Å². The van der Waals surface area contributed by atoms with Crippen molar-refractivity contribution in [1.82, 2.24) is 0 Å².